The monoisotopic (exact) mass is 372 g/mol. The van der Waals surface area contributed by atoms with Gasteiger partial charge >= 0.3 is 0 Å². The minimum Gasteiger partial charge on any atom is -0.372 e. The standard InChI is InChI=1S/C18H17ClN4O3/c1-10-7-23(8-11(2)25-10)17-13(9-24)21-16-15(12-3-5-20-6-4-12)22-26-18(16)14(17)19/h3-6,9-11H,7-8H2,1-2H3. The molecule has 7 nitrogen and oxygen atoms in total. The van der Waals surface area contributed by atoms with E-state index in [0.717, 1.165) is 11.8 Å². The number of fused-ring (bicyclic) bond motifs is 1. The van der Waals surface area contributed by atoms with Gasteiger partial charge in [-0.25, -0.2) is 4.98 Å². The number of hydrogen-bond donors (Lipinski definition) is 0. The molecule has 0 radical (unpaired) electrons. The van der Waals surface area contributed by atoms with Crippen LogP contribution in [-0.4, -0.2) is 46.7 Å². The number of nitrogens with zero attached hydrogens (tertiary/aromatic N) is 4. The summed E-state index contributed by atoms with van der Waals surface area (Å²) in [6, 6.07) is 3.60. The number of ether oxygens (including phenoxy) is 1. The maximum atomic E-state index is 11.8. The van der Waals surface area contributed by atoms with Crippen molar-refractivity contribution in [3.05, 3.63) is 35.2 Å². The Morgan fingerprint density at radius 3 is 2.58 bits per heavy atom. The fourth-order valence-corrected chi connectivity index (χ4v) is 3.71. The Morgan fingerprint density at radius 2 is 1.92 bits per heavy atom. The summed E-state index contributed by atoms with van der Waals surface area (Å²) in [7, 11) is 0. The van der Waals surface area contributed by atoms with Gasteiger partial charge in [-0.05, 0) is 26.0 Å². The second-order valence-electron chi connectivity index (χ2n) is 6.38. The molecule has 2 atom stereocenters. The van der Waals surface area contributed by atoms with E-state index in [9.17, 15) is 4.79 Å². The predicted molar refractivity (Wildman–Crippen MR) is 97.7 cm³/mol. The van der Waals surface area contributed by atoms with Gasteiger partial charge in [-0.2, -0.15) is 0 Å². The lowest BCUT2D eigenvalue weighted by molar-refractivity contribution is -0.00526. The normalized spacial score (nSPS) is 20.5. The molecule has 134 valence electrons. The van der Waals surface area contributed by atoms with Crippen molar-refractivity contribution in [1.82, 2.24) is 15.1 Å². The van der Waals surface area contributed by atoms with Crippen LogP contribution in [0.25, 0.3) is 22.4 Å². The molecule has 8 heteroatoms. The van der Waals surface area contributed by atoms with Crippen molar-refractivity contribution >= 4 is 34.7 Å². The summed E-state index contributed by atoms with van der Waals surface area (Å²) in [5.41, 5.74) is 2.98. The molecule has 4 rings (SSSR count). The Morgan fingerprint density at radius 1 is 1.23 bits per heavy atom. The Kier molecular flexibility index (Phi) is 4.34. The van der Waals surface area contributed by atoms with E-state index >= 15 is 0 Å². The summed E-state index contributed by atoms with van der Waals surface area (Å²) in [5, 5.41) is 4.45. The van der Waals surface area contributed by atoms with Gasteiger partial charge in [-0.15, -0.1) is 0 Å². The van der Waals surface area contributed by atoms with Crippen molar-refractivity contribution < 1.29 is 14.1 Å². The fraction of sp³-hybridized carbons (Fsp3) is 0.333. The van der Waals surface area contributed by atoms with Gasteiger partial charge in [0.25, 0.3) is 0 Å². The van der Waals surface area contributed by atoms with Crippen molar-refractivity contribution in [3.8, 4) is 11.3 Å². The lowest BCUT2D eigenvalue weighted by Crippen LogP contribution is -2.46. The molecule has 0 spiro atoms. The van der Waals surface area contributed by atoms with Crippen LogP contribution in [-0.2, 0) is 4.74 Å². The molecule has 1 aliphatic heterocycles. The van der Waals surface area contributed by atoms with Crippen LogP contribution in [0.5, 0.6) is 0 Å². The summed E-state index contributed by atoms with van der Waals surface area (Å²) >= 11 is 6.63. The highest BCUT2D eigenvalue weighted by Crippen LogP contribution is 2.39. The van der Waals surface area contributed by atoms with Crippen molar-refractivity contribution in [2.45, 2.75) is 26.1 Å². The lowest BCUT2D eigenvalue weighted by atomic mass is 10.1. The van der Waals surface area contributed by atoms with E-state index in [1.54, 1.807) is 24.5 Å². The molecule has 0 amide bonds. The van der Waals surface area contributed by atoms with E-state index in [0.29, 0.717) is 40.6 Å². The number of rotatable bonds is 3. The van der Waals surface area contributed by atoms with Gasteiger partial charge < -0.3 is 14.2 Å². The molecular weight excluding hydrogens is 356 g/mol. The van der Waals surface area contributed by atoms with Gasteiger partial charge in [-0.3, -0.25) is 9.78 Å². The number of morpholine rings is 1. The Labute approximate surface area is 154 Å². The molecule has 0 N–H and O–H groups in total. The van der Waals surface area contributed by atoms with E-state index in [1.165, 1.54) is 0 Å². The molecule has 0 aliphatic carbocycles. The highest BCUT2D eigenvalue weighted by molar-refractivity contribution is 6.38. The SMILES string of the molecule is CC1CN(c2c(C=O)nc3c(-c4ccncc4)noc3c2Cl)CC(C)O1. The summed E-state index contributed by atoms with van der Waals surface area (Å²) in [4.78, 5) is 22.3. The molecule has 4 heterocycles. The molecule has 1 saturated heterocycles. The van der Waals surface area contributed by atoms with Gasteiger partial charge in [0, 0.05) is 31.0 Å². The van der Waals surface area contributed by atoms with Crippen LogP contribution >= 0.6 is 11.6 Å². The van der Waals surface area contributed by atoms with Crippen LogP contribution in [0.2, 0.25) is 5.02 Å². The van der Waals surface area contributed by atoms with Crippen LogP contribution in [0.4, 0.5) is 5.69 Å². The zero-order valence-electron chi connectivity index (χ0n) is 14.3. The topological polar surface area (TPSA) is 81.4 Å². The van der Waals surface area contributed by atoms with Gasteiger partial charge in [0.2, 0.25) is 5.58 Å². The van der Waals surface area contributed by atoms with Crippen LogP contribution in [0.15, 0.2) is 29.0 Å². The summed E-state index contributed by atoms with van der Waals surface area (Å²) in [5.74, 6) is 0. The number of pyridine rings is 2. The third kappa shape index (κ3) is 2.83. The number of carbonyl (C=O) groups is 1. The molecule has 0 bridgehead atoms. The Balaban J connectivity index is 1.88. The van der Waals surface area contributed by atoms with Crippen LogP contribution in [0, 0.1) is 0 Å². The van der Waals surface area contributed by atoms with Crippen LogP contribution in [0.3, 0.4) is 0 Å². The number of aromatic nitrogens is 3. The largest absolute Gasteiger partial charge is 0.372 e. The molecule has 26 heavy (non-hydrogen) atoms. The molecule has 1 aliphatic rings. The summed E-state index contributed by atoms with van der Waals surface area (Å²) in [6.45, 7) is 5.20. The van der Waals surface area contributed by atoms with Gasteiger partial charge in [0.15, 0.2) is 6.29 Å². The van der Waals surface area contributed by atoms with E-state index in [-0.39, 0.29) is 17.9 Å². The Bertz CT molecular complexity index is 950. The number of hydrogen-bond acceptors (Lipinski definition) is 7. The maximum Gasteiger partial charge on any atom is 0.206 e. The molecule has 3 aromatic rings. The minimum atomic E-state index is 0.0205. The number of halogens is 1. The van der Waals surface area contributed by atoms with E-state index < -0.39 is 0 Å². The summed E-state index contributed by atoms with van der Waals surface area (Å²) in [6.07, 6.45) is 4.07. The van der Waals surface area contributed by atoms with Crippen LogP contribution < -0.4 is 4.90 Å². The number of carbonyl (C=O) groups excluding carboxylic acids is 1. The quantitative estimate of drug-likeness (QED) is 0.652. The Hall–Kier alpha value is -2.51. The fourth-order valence-electron chi connectivity index (χ4n) is 3.37. The van der Waals surface area contributed by atoms with E-state index in [2.05, 4.69) is 15.1 Å². The molecule has 1 fully saturated rings. The third-order valence-electron chi connectivity index (χ3n) is 4.35. The second kappa shape index (κ2) is 6.66. The predicted octanol–water partition coefficient (Wildman–Crippen LogP) is 3.36. The first-order valence-electron chi connectivity index (χ1n) is 8.33. The first-order chi connectivity index (χ1) is 12.6. The van der Waals surface area contributed by atoms with Crippen molar-refractivity contribution in [1.29, 1.82) is 0 Å². The zero-order valence-corrected chi connectivity index (χ0v) is 15.1. The molecule has 2 unspecified atom stereocenters. The van der Waals surface area contributed by atoms with Gasteiger partial charge in [-0.1, -0.05) is 16.8 Å². The highest BCUT2D eigenvalue weighted by Gasteiger charge is 2.29. The average molecular weight is 373 g/mol. The van der Waals surface area contributed by atoms with Crippen LogP contribution in [0.1, 0.15) is 24.3 Å². The van der Waals surface area contributed by atoms with E-state index in [1.807, 2.05) is 18.7 Å². The molecule has 0 aromatic carbocycles. The summed E-state index contributed by atoms with van der Waals surface area (Å²) < 4.78 is 11.2. The zero-order chi connectivity index (χ0) is 18.3. The van der Waals surface area contributed by atoms with Crippen molar-refractivity contribution in [2.75, 3.05) is 18.0 Å². The molecule has 3 aromatic heterocycles. The van der Waals surface area contributed by atoms with Gasteiger partial charge in [0.1, 0.15) is 21.9 Å². The molecule has 0 saturated carbocycles. The van der Waals surface area contributed by atoms with Crippen molar-refractivity contribution in [2.24, 2.45) is 0 Å². The first kappa shape index (κ1) is 16.9. The average Bonchev–Trinajstić information content (AvgIpc) is 3.05. The van der Waals surface area contributed by atoms with E-state index in [4.69, 9.17) is 20.9 Å². The smallest absolute Gasteiger partial charge is 0.206 e. The van der Waals surface area contributed by atoms with Gasteiger partial charge in [0.05, 0.1) is 17.9 Å². The second-order valence-corrected chi connectivity index (χ2v) is 6.76. The number of anilines is 1. The maximum absolute atomic E-state index is 11.8. The number of aldehydes is 1. The lowest BCUT2D eigenvalue weighted by Gasteiger charge is -2.37. The van der Waals surface area contributed by atoms with Crippen molar-refractivity contribution in [3.63, 3.8) is 0 Å². The first-order valence-corrected chi connectivity index (χ1v) is 8.71. The molecular formula is C18H17ClN4O3. The minimum absolute atomic E-state index is 0.0205. The highest BCUT2D eigenvalue weighted by atomic mass is 35.5. The third-order valence-corrected chi connectivity index (χ3v) is 4.70.